The number of nitrogens with two attached hydrogens (primary N) is 1. The van der Waals surface area contributed by atoms with Gasteiger partial charge >= 0.3 is 6.09 Å². The number of hydrogen-bond donors (Lipinski definition) is 3. The highest BCUT2D eigenvalue weighted by Crippen LogP contribution is 2.34. The Balaban J connectivity index is 1.23. The number of likely N-dealkylation sites (tertiary alicyclic amines) is 1. The maximum atomic E-state index is 12.7. The summed E-state index contributed by atoms with van der Waals surface area (Å²) in [6, 6.07) is 1.32. The first kappa shape index (κ1) is 28.9. The van der Waals surface area contributed by atoms with E-state index in [4.69, 9.17) is 25.4 Å². The lowest BCUT2D eigenvalue weighted by atomic mass is 9.92. The van der Waals surface area contributed by atoms with Crippen LogP contribution in [0, 0.1) is 5.92 Å². The highest BCUT2D eigenvalue weighted by atomic mass is 16.6. The van der Waals surface area contributed by atoms with E-state index in [2.05, 4.69) is 29.0 Å². The smallest absolute Gasteiger partial charge is 0.409 e. The highest BCUT2D eigenvalue weighted by Gasteiger charge is 2.28. The number of ether oxygens (including phenoxy) is 1. The zero-order valence-corrected chi connectivity index (χ0v) is 24.6. The van der Waals surface area contributed by atoms with Gasteiger partial charge in [-0.1, -0.05) is 46.0 Å². The average Bonchev–Trinajstić information content (AvgIpc) is 3.65. The topological polar surface area (TPSA) is 123 Å². The van der Waals surface area contributed by atoms with Gasteiger partial charge in [0.15, 0.2) is 17.0 Å². The van der Waals surface area contributed by atoms with Crippen LogP contribution >= 0.6 is 0 Å². The number of imidazole rings is 1. The monoisotopic (exact) mass is 554 g/mol. The van der Waals surface area contributed by atoms with Crippen LogP contribution in [-0.4, -0.2) is 68.3 Å². The van der Waals surface area contributed by atoms with Gasteiger partial charge in [-0.25, -0.2) is 9.78 Å². The maximum absolute atomic E-state index is 12.7. The van der Waals surface area contributed by atoms with Crippen LogP contribution in [-0.2, 0) is 4.74 Å². The lowest BCUT2D eigenvalue weighted by Gasteiger charge is -2.32. The van der Waals surface area contributed by atoms with Crippen molar-refractivity contribution >= 4 is 29.0 Å². The molecule has 1 aliphatic heterocycles. The fourth-order valence-electron chi connectivity index (χ4n) is 6.56. The normalized spacial score (nSPS) is 23.4. The van der Waals surface area contributed by atoms with Crippen LogP contribution in [0.5, 0.6) is 0 Å². The minimum Gasteiger partial charge on any atom is -0.449 e. The first-order chi connectivity index (χ1) is 19.5. The van der Waals surface area contributed by atoms with Gasteiger partial charge in [0, 0.05) is 37.3 Å². The molecule has 3 heterocycles. The molecule has 10 nitrogen and oxygen atoms in total. The summed E-state index contributed by atoms with van der Waals surface area (Å²) in [5, 5.41) is 7.30. The molecule has 0 radical (unpaired) electrons. The van der Waals surface area contributed by atoms with E-state index in [9.17, 15) is 4.79 Å². The molecule has 1 unspecified atom stereocenters. The van der Waals surface area contributed by atoms with Crippen LogP contribution in [0.15, 0.2) is 6.33 Å². The Labute approximate surface area is 239 Å². The summed E-state index contributed by atoms with van der Waals surface area (Å²) in [5.74, 6) is 1.92. The molecule has 2 aromatic rings. The SMILES string of the molecule is CCCCC(CC)COC(=O)N1CCC(Nc2nc(NC3CCC(N)CC3)nc3c2ncn3C2CCCC2)CC1. The number of anilines is 2. The molecule has 2 saturated carbocycles. The first-order valence-electron chi connectivity index (χ1n) is 16.0. The molecule has 5 rings (SSSR count). The van der Waals surface area contributed by atoms with Gasteiger partial charge in [-0.15, -0.1) is 0 Å². The van der Waals surface area contributed by atoms with E-state index >= 15 is 0 Å². The van der Waals surface area contributed by atoms with Crippen molar-refractivity contribution in [3.63, 3.8) is 0 Å². The number of fused-ring (bicyclic) bond motifs is 1. The molecule has 0 bridgehead atoms. The van der Waals surface area contributed by atoms with Crippen molar-refractivity contribution in [2.24, 2.45) is 11.7 Å². The third-order valence-corrected chi connectivity index (χ3v) is 9.32. The van der Waals surface area contributed by atoms with Crippen molar-refractivity contribution in [3.05, 3.63) is 6.33 Å². The molecule has 4 N–H and O–H groups in total. The van der Waals surface area contributed by atoms with Gasteiger partial charge < -0.3 is 30.6 Å². The predicted molar refractivity (Wildman–Crippen MR) is 160 cm³/mol. The first-order valence-corrected chi connectivity index (χ1v) is 16.0. The van der Waals surface area contributed by atoms with Crippen LogP contribution in [0.1, 0.15) is 110 Å². The summed E-state index contributed by atoms with van der Waals surface area (Å²) >= 11 is 0. The minimum atomic E-state index is -0.174. The maximum Gasteiger partial charge on any atom is 0.409 e. The molecule has 222 valence electrons. The third-order valence-electron chi connectivity index (χ3n) is 9.32. The number of unbranched alkanes of at least 4 members (excludes halogenated alkanes) is 1. The summed E-state index contributed by atoms with van der Waals surface area (Å²) in [7, 11) is 0. The molecule has 0 aromatic carbocycles. The molecule has 1 amide bonds. The molecular weight excluding hydrogens is 504 g/mol. The second-order valence-electron chi connectivity index (χ2n) is 12.3. The van der Waals surface area contributed by atoms with Crippen molar-refractivity contribution in [1.82, 2.24) is 24.4 Å². The van der Waals surface area contributed by atoms with Crippen LogP contribution in [0.25, 0.3) is 11.2 Å². The Kier molecular flexibility index (Phi) is 9.99. The molecule has 2 aromatic heterocycles. The number of nitrogens with zero attached hydrogens (tertiary/aromatic N) is 5. The second-order valence-corrected chi connectivity index (χ2v) is 12.3. The van der Waals surface area contributed by atoms with Crippen molar-refractivity contribution in [2.45, 2.75) is 128 Å². The zero-order valence-electron chi connectivity index (χ0n) is 24.6. The van der Waals surface area contributed by atoms with E-state index < -0.39 is 0 Å². The van der Waals surface area contributed by atoms with Gasteiger partial charge in [-0.2, -0.15) is 9.97 Å². The van der Waals surface area contributed by atoms with Crippen LogP contribution < -0.4 is 16.4 Å². The number of rotatable bonds is 11. The van der Waals surface area contributed by atoms with E-state index in [1.165, 1.54) is 38.5 Å². The van der Waals surface area contributed by atoms with E-state index in [0.29, 0.717) is 49.7 Å². The number of aromatic nitrogens is 4. The predicted octanol–water partition coefficient (Wildman–Crippen LogP) is 5.85. The van der Waals surface area contributed by atoms with Gasteiger partial charge in [-0.3, -0.25) is 0 Å². The molecule has 1 saturated heterocycles. The zero-order chi connectivity index (χ0) is 27.9. The van der Waals surface area contributed by atoms with Gasteiger partial charge in [-0.05, 0) is 63.7 Å². The molecule has 3 fully saturated rings. The van der Waals surface area contributed by atoms with E-state index in [1.807, 2.05) is 11.2 Å². The number of amides is 1. The number of carbonyl (C=O) groups is 1. The van der Waals surface area contributed by atoms with Crippen molar-refractivity contribution < 1.29 is 9.53 Å². The van der Waals surface area contributed by atoms with Gasteiger partial charge in [0.1, 0.15) is 0 Å². The quantitative estimate of drug-likeness (QED) is 0.316. The number of hydrogen-bond acceptors (Lipinski definition) is 8. The standard InChI is InChI=1S/C30H50N8O2/c1-3-5-8-21(4-2)19-40-30(39)37-17-15-24(16-18-37)33-27-26-28(38(20-32-26)25-9-6-7-10-25)36-29(35-27)34-23-13-11-22(31)12-14-23/h20-25H,3-19,31H2,1-2H3,(H2,33,34,35,36). The average molecular weight is 555 g/mol. The highest BCUT2D eigenvalue weighted by molar-refractivity contribution is 5.84. The van der Waals surface area contributed by atoms with E-state index in [1.54, 1.807) is 0 Å². The Morgan fingerprint density at radius 1 is 1.02 bits per heavy atom. The second kappa shape index (κ2) is 13.8. The summed E-state index contributed by atoms with van der Waals surface area (Å²) in [6.07, 6.45) is 17.0. The summed E-state index contributed by atoms with van der Waals surface area (Å²) < 4.78 is 7.97. The van der Waals surface area contributed by atoms with Crippen LogP contribution in [0.2, 0.25) is 0 Å². The molecule has 3 aliphatic rings. The summed E-state index contributed by atoms with van der Waals surface area (Å²) in [5.41, 5.74) is 7.88. The van der Waals surface area contributed by atoms with Gasteiger partial charge in [0.2, 0.25) is 5.95 Å². The Morgan fingerprint density at radius 3 is 2.45 bits per heavy atom. The minimum absolute atomic E-state index is 0.174. The third kappa shape index (κ3) is 7.17. The molecule has 10 heteroatoms. The lowest BCUT2D eigenvalue weighted by molar-refractivity contribution is 0.0779. The van der Waals surface area contributed by atoms with Gasteiger partial charge in [0.05, 0.1) is 12.9 Å². The Bertz CT molecular complexity index is 1080. The van der Waals surface area contributed by atoms with Crippen LogP contribution in [0.3, 0.4) is 0 Å². The van der Waals surface area contributed by atoms with E-state index in [-0.39, 0.29) is 12.1 Å². The lowest BCUT2D eigenvalue weighted by Crippen LogP contribution is -2.43. The Morgan fingerprint density at radius 2 is 1.75 bits per heavy atom. The fraction of sp³-hybridized carbons (Fsp3) is 0.800. The number of piperidine rings is 1. The fourth-order valence-corrected chi connectivity index (χ4v) is 6.56. The largest absolute Gasteiger partial charge is 0.449 e. The molecule has 0 spiro atoms. The molecule has 2 aliphatic carbocycles. The summed E-state index contributed by atoms with van der Waals surface area (Å²) in [6.45, 7) is 6.27. The summed E-state index contributed by atoms with van der Waals surface area (Å²) in [4.78, 5) is 29.3. The Hall–Kier alpha value is -2.62. The number of nitrogens with one attached hydrogen (secondary N) is 2. The van der Waals surface area contributed by atoms with Crippen molar-refractivity contribution in [1.29, 1.82) is 0 Å². The number of carbonyl (C=O) groups excluding carboxylic acids is 1. The molecule has 40 heavy (non-hydrogen) atoms. The van der Waals surface area contributed by atoms with Crippen molar-refractivity contribution in [2.75, 3.05) is 30.3 Å². The van der Waals surface area contributed by atoms with E-state index in [0.717, 1.165) is 68.3 Å². The molecular formula is C30H50N8O2. The van der Waals surface area contributed by atoms with Crippen LogP contribution in [0.4, 0.5) is 16.6 Å². The van der Waals surface area contributed by atoms with Gasteiger partial charge in [0.25, 0.3) is 0 Å². The van der Waals surface area contributed by atoms with Crippen molar-refractivity contribution in [3.8, 4) is 0 Å². The molecule has 1 atom stereocenters.